The Kier molecular flexibility index (Phi) is 11.8. The Bertz CT molecular complexity index is 2950. The summed E-state index contributed by atoms with van der Waals surface area (Å²) in [5, 5.41) is 2.21. The number of hydrogen-bond donors (Lipinski definition) is 0. The Morgan fingerprint density at radius 3 is 1.73 bits per heavy atom. The molecule has 1 aliphatic heterocycles. The fraction of sp³-hybridized carbons (Fsp3) is 0.241. The molecule has 0 atom stereocenters. The first-order chi connectivity index (χ1) is 30.0. The van der Waals surface area contributed by atoms with Crippen LogP contribution in [0.2, 0.25) is 0 Å². The van der Waals surface area contributed by atoms with Gasteiger partial charge in [0.25, 0.3) is 0 Å². The molecule has 5 nitrogen and oxygen atoms in total. The number of fused-ring (bicyclic) bond motifs is 3. The molecule has 0 fully saturated rings. The number of rotatable bonds is 9. The number of ether oxygens (including phenoxy) is 1. The van der Waals surface area contributed by atoms with Crippen LogP contribution in [0.1, 0.15) is 103 Å². The number of aromatic nitrogens is 2. The zero-order valence-corrected chi connectivity index (χ0v) is 40.9. The summed E-state index contributed by atoms with van der Waals surface area (Å²) in [5.41, 5.74) is 10.8. The van der Waals surface area contributed by atoms with Crippen molar-refractivity contribution in [2.45, 2.75) is 90.9 Å². The molecule has 0 saturated heterocycles. The minimum absolute atomic E-state index is 0. The second-order valence-corrected chi connectivity index (χ2v) is 20.0. The van der Waals surface area contributed by atoms with E-state index in [0.717, 1.165) is 44.6 Å². The van der Waals surface area contributed by atoms with Gasteiger partial charge in [-0.1, -0.05) is 160 Å². The molecule has 0 bridgehead atoms. The maximum atomic E-state index is 6.88. The molecule has 0 amide bonds. The van der Waals surface area contributed by atoms with E-state index >= 15 is 0 Å². The van der Waals surface area contributed by atoms with Crippen LogP contribution in [0, 0.1) is 18.8 Å². The van der Waals surface area contributed by atoms with Gasteiger partial charge in [-0.3, -0.25) is 0 Å². The van der Waals surface area contributed by atoms with Crippen LogP contribution in [0.15, 0.2) is 158 Å². The Morgan fingerprint density at radius 1 is 0.500 bits per heavy atom. The number of hydrogen-bond acceptors (Lipinski definition) is 4. The van der Waals surface area contributed by atoms with Crippen molar-refractivity contribution in [3.8, 4) is 17.3 Å². The molecule has 0 saturated carbocycles. The van der Waals surface area contributed by atoms with E-state index < -0.39 is 0 Å². The van der Waals surface area contributed by atoms with Gasteiger partial charge >= 0.3 is 0 Å². The Labute approximate surface area is 394 Å². The summed E-state index contributed by atoms with van der Waals surface area (Å²) in [5.74, 6) is 2.04. The average molecular weight is 1020 g/mol. The molecule has 1 aliphatic rings. The third kappa shape index (κ3) is 8.55. The molecule has 0 unspecified atom stereocenters. The van der Waals surface area contributed by atoms with E-state index in [1.807, 2.05) is 12.3 Å². The SMILES string of the molecule is CC(C)(C)c1cc(N2C=CN(c3[c-]c(Oc4[c-]c5c(cc4)c4ccccc4n5-c4cc(C(C)(C)c5ccccc5)ccn4)cc(C(C)(C)c4ccccc4)c3)[CH-]2)cc(C(C)(C)C)c1.[Pt]. The summed E-state index contributed by atoms with van der Waals surface area (Å²) >= 11 is 0. The average Bonchev–Trinajstić information content (AvgIpc) is 3.90. The fourth-order valence-electron chi connectivity index (χ4n) is 8.62. The molecule has 3 heterocycles. The third-order valence-corrected chi connectivity index (χ3v) is 12.9. The molecule has 9 rings (SSSR count). The van der Waals surface area contributed by atoms with Gasteiger partial charge in [-0.2, -0.15) is 6.07 Å². The van der Waals surface area contributed by atoms with Crippen LogP contribution < -0.4 is 14.5 Å². The van der Waals surface area contributed by atoms with Crippen LogP contribution in [0.25, 0.3) is 27.6 Å². The summed E-state index contributed by atoms with van der Waals surface area (Å²) in [7, 11) is 0. The number of para-hydroxylation sites is 1. The first-order valence-corrected chi connectivity index (χ1v) is 22.0. The van der Waals surface area contributed by atoms with Crippen LogP contribution in [-0.2, 0) is 42.7 Å². The van der Waals surface area contributed by atoms with E-state index in [2.05, 4.69) is 248 Å². The summed E-state index contributed by atoms with van der Waals surface area (Å²) in [6, 6.07) is 57.0. The fourth-order valence-corrected chi connectivity index (χ4v) is 8.62. The van der Waals surface area contributed by atoms with E-state index in [1.54, 1.807) is 0 Å². The van der Waals surface area contributed by atoms with Gasteiger partial charge in [-0.15, -0.1) is 53.6 Å². The second kappa shape index (κ2) is 16.9. The molecule has 2 aromatic heterocycles. The van der Waals surface area contributed by atoms with Gasteiger partial charge in [0.1, 0.15) is 5.82 Å². The van der Waals surface area contributed by atoms with Gasteiger partial charge in [-0.05, 0) is 92.2 Å². The summed E-state index contributed by atoms with van der Waals surface area (Å²) < 4.78 is 9.09. The third-order valence-electron chi connectivity index (χ3n) is 12.9. The predicted molar refractivity (Wildman–Crippen MR) is 262 cm³/mol. The van der Waals surface area contributed by atoms with Crippen LogP contribution in [0.3, 0.4) is 0 Å². The van der Waals surface area contributed by atoms with E-state index in [9.17, 15) is 0 Å². The minimum atomic E-state index is -0.334. The molecule has 6 heteroatoms. The molecule has 328 valence electrons. The van der Waals surface area contributed by atoms with E-state index in [0.29, 0.717) is 11.5 Å². The molecule has 0 N–H and O–H groups in total. The van der Waals surface area contributed by atoms with Crippen molar-refractivity contribution in [2.75, 3.05) is 9.80 Å². The van der Waals surface area contributed by atoms with Crippen LogP contribution >= 0.6 is 0 Å². The van der Waals surface area contributed by atoms with Gasteiger partial charge in [0, 0.05) is 55.4 Å². The van der Waals surface area contributed by atoms with Crippen LogP contribution in [0.4, 0.5) is 11.4 Å². The molecule has 0 radical (unpaired) electrons. The van der Waals surface area contributed by atoms with Crippen molar-refractivity contribution in [2.24, 2.45) is 0 Å². The smallest absolute Gasteiger partial charge is 0.135 e. The van der Waals surface area contributed by atoms with Gasteiger partial charge in [0.05, 0.1) is 0 Å². The Hall–Kier alpha value is -5.90. The topological polar surface area (TPSA) is 33.5 Å². The second-order valence-electron chi connectivity index (χ2n) is 20.0. The minimum Gasteiger partial charge on any atom is -0.509 e. The summed E-state index contributed by atoms with van der Waals surface area (Å²) in [4.78, 5) is 9.31. The molecule has 0 aliphatic carbocycles. The van der Waals surface area contributed by atoms with E-state index in [-0.39, 0.29) is 42.7 Å². The number of benzene rings is 6. The molecule has 64 heavy (non-hydrogen) atoms. The zero-order chi connectivity index (χ0) is 44.3. The van der Waals surface area contributed by atoms with Crippen molar-refractivity contribution in [1.82, 2.24) is 9.55 Å². The standard InChI is InChI=1S/C58H57N4O.Pt/c1-55(2,3)43-31-44(56(4,5)6)33-46(32-43)60-29-30-61(39-60)47-34-45(58(9,10)41-21-15-12-16-22-41)35-49(37-47)63-48-25-26-51-50-23-17-18-24-52(50)62(53(51)38-48)54-36-42(27-28-59-54)57(7,8)40-19-13-11-14-20-40;/h11-36,39H,1-10H3;/q-3;. The monoisotopic (exact) mass is 1020 g/mol. The zero-order valence-electron chi connectivity index (χ0n) is 38.6. The molecule has 0 spiro atoms. The number of anilines is 2. The normalized spacial score (nSPS) is 13.5. The van der Waals surface area contributed by atoms with Crippen molar-refractivity contribution in [3.05, 3.63) is 210 Å². The predicted octanol–water partition coefficient (Wildman–Crippen LogP) is 14.7. The first-order valence-electron chi connectivity index (χ1n) is 22.0. The molecule has 6 aromatic carbocycles. The number of pyridine rings is 1. The van der Waals surface area contributed by atoms with Crippen LogP contribution in [0.5, 0.6) is 11.5 Å². The summed E-state index contributed by atoms with van der Waals surface area (Å²) in [6.07, 6.45) is 6.15. The molecular formula is C58H57N4OPt-3. The van der Waals surface area contributed by atoms with Crippen molar-refractivity contribution >= 4 is 33.2 Å². The maximum Gasteiger partial charge on any atom is 0.135 e. The van der Waals surface area contributed by atoms with Gasteiger partial charge in [-0.25, -0.2) is 4.98 Å². The van der Waals surface area contributed by atoms with Crippen molar-refractivity contribution in [3.63, 3.8) is 0 Å². The molecule has 8 aromatic rings. The van der Waals surface area contributed by atoms with Gasteiger partial charge in [0.2, 0.25) is 0 Å². The van der Waals surface area contributed by atoms with E-state index in [1.165, 1.54) is 27.8 Å². The quantitative estimate of drug-likeness (QED) is 0.135. The first kappa shape index (κ1) is 44.7. The summed E-state index contributed by atoms with van der Waals surface area (Å²) in [6.45, 7) is 24.9. The van der Waals surface area contributed by atoms with Crippen LogP contribution in [-0.4, -0.2) is 9.55 Å². The largest absolute Gasteiger partial charge is 0.509 e. The Balaban J connectivity index is 0.00000560. The molecular weight excluding hydrogens is 964 g/mol. The van der Waals surface area contributed by atoms with Crippen molar-refractivity contribution < 1.29 is 25.8 Å². The van der Waals surface area contributed by atoms with Crippen molar-refractivity contribution in [1.29, 1.82) is 0 Å². The van der Waals surface area contributed by atoms with Gasteiger partial charge < -0.3 is 19.1 Å². The van der Waals surface area contributed by atoms with Gasteiger partial charge in [0.15, 0.2) is 0 Å². The Morgan fingerprint density at radius 2 is 1.09 bits per heavy atom. The maximum absolute atomic E-state index is 6.88. The number of nitrogens with zero attached hydrogens (tertiary/aromatic N) is 4. The van der Waals surface area contributed by atoms with E-state index in [4.69, 9.17) is 9.72 Å².